The molecule has 0 aliphatic heterocycles. The van der Waals surface area contributed by atoms with Crippen LogP contribution in [0.1, 0.15) is 48.9 Å². The van der Waals surface area contributed by atoms with Gasteiger partial charge >= 0.3 is 5.97 Å². The van der Waals surface area contributed by atoms with Crippen molar-refractivity contribution in [2.24, 2.45) is 23.2 Å². The maximum atomic E-state index is 12.9. The molecule has 4 bridgehead atoms. The summed E-state index contributed by atoms with van der Waals surface area (Å²) in [6.45, 7) is -0.315. The van der Waals surface area contributed by atoms with Gasteiger partial charge in [0.15, 0.2) is 12.4 Å². The van der Waals surface area contributed by atoms with Crippen molar-refractivity contribution in [2.75, 3.05) is 6.61 Å². The number of nitro groups is 1. The van der Waals surface area contributed by atoms with Gasteiger partial charge in [-0.25, -0.2) is 4.79 Å². The van der Waals surface area contributed by atoms with E-state index >= 15 is 0 Å². The van der Waals surface area contributed by atoms with Crippen LogP contribution in [0.15, 0.2) is 18.2 Å². The van der Waals surface area contributed by atoms with E-state index in [9.17, 15) is 19.7 Å². The summed E-state index contributed by atoms with van der Waals surface area (Å²) in [6.07, 6.45) is 6.37. The molecular weight excluding hydrogens is 358 g/mol. The molecule has 1 aromatic carbocycles. The van der Waals surface area contributed by atoms with Gasteiger partial charge in [-0.3, -0.25) is 14.9 Å². The quantitative estimate of drug-likeness (QED) is 0.436. The number of rotatable bonds is 5. The first kappa shape index (κ1) is 17.5. The summed E-state index contributed by atoms with van der Waals surface area (Å²) in [5, 5.41) is 11.3. The SMILES string of the molecule is O=C(OCC(=O)C12CC3CC(CC(C3)C1)C2)c1ccc(Cl)cc1[N+](=O)[O-]. The van der Waals surface area contributed by atoms with Crippen molar-refractivity contribution >= 4 is 29.0 Å². The van der Waals surface area contributed by atoms with Gasteiger partial charge in [0.25, 0.3) is 5.69 Å². The Morgan fingerprint density at radius 1 is 1.15 bits per heavy atom. The summed E-state index contributed by atoms with van der Waals surface area (Å²) >= 11 is 5.76. The number of carbonyl (C=O) groups excluding carboxylic acids is 2. The molecule has 0 atom stereocenters. The lowest BCUT2D eigenvalue weighted by atomic mass is 9.48. The molecule has 0 radical (unpaired) electrons. The lowest BCUT2D eigenvalue weighted by Crippen LogP contribution is -2.51. The molecule has 4 aliphatic carbocycles. The molecule has 4 saturated carbocycles. The monoisotopic (exact) mass is 377 g/mol. The van der Waals surface area contributed by atoms with Crippen LogP contribution in [0.2, 0.25) is 5.02 Å². The van der Waals surface area contributed by atoms with Crippen LogP contribution >= 0.6 is 11.6 Å². The number of nitrogens with zero attached hydrogens (tertiary/aromatic N) is 1. The van der Waals surface area contributed by atoms with E-state index in [-0.39, 0.29) is 28.4 Å². The van der Waals surface area contributed by atoms with Gasteiger partial charge in [0.05, 0.1) is 4.92 Å². The van der Waals surface area contributed by atoms with Crippen molar-refractivity contribution in [1.82, 2.24) is 0 Å². The molecule has 0 unspecified atom stereocenters. The summed E-state index contributed by atoms with van der Waals surface area (Å²) in [6, 6.07) is 3.77. The summed E-state index contributed by atoms with van der Waals surface area (Å²) in [7, 11) is 0. The Labute approximate surface area is 156 Å². The lowest BCUT2D eigenvalue weighted by molar-refractivity contribution is -0.385. The van der Waals surface area contributed by atoms with Crippen LogP contribution in [0.25, 0.3) is 0 Å². The second-order valence-electron chi connectivity index (χ2n) is 8.12. The highest BCUT2D eigenvalue weighted by atomic mass is 35.5. The van der Waals surface area contributed by atoms with Crippen molar-refractivity contribution < 1.29 is 19.2 Å². The van der Waals surface area contributed by atoms with Crippen molar-refractivity contribution in [1.29, 1.82) is 0 Å². The zero-order valence-corrected chi connectivity index (χ0v) is 15.0. The van der Waals surface area contributed by atoms with Gasteiger partial charge in [-0.2, -0.15) is 0 Å². The van der Waals surface area contributed by atoms with Crippen LogP contribution in [0.3, 0.4) is 0 Å². The Morgan fingerprint density at radius 3 is 2.27 bits per heavy atom. The second kappa shape index (κ2) is 6.34. The number of esters is 1. The van der Waals surface area contributed by atoms with E-state index in [2.05, 4.69) is 0 Å². The predicted octanol–water partition coefficient (Wildman–Crippen LogP) is 4.19. The fourth-order valence-corrected chi connectivity index (χ4v) is 5.81. The molecule has 0 heterocycles. The molecule has 0 saturated heterocycles. The largest absolute Gasteiger partial charge is 0.454 e. The first-order valence-electron chi connectivity index (χ1n) is 9.01. The first-order valence-corrected chi connectivity index (χ1v) is 9.38. The Kier molecular flexibility index (Phi) is 4.26. The molecule has 1 aromatic rings. The fraction of sp³-hybridized carbons (Fsp3) is 0.579. The van der Waals surface area contributed by atoms with E-state index in [4.69, 9.17) is 16.3 Å². The van der Waals surface area contributed by atoms with E-state index in [1.165, 1.54) is 31.4 Å². The number of ketones is 1. The number of benzene rings is 1. The van der Waals surface area contributed by atoms with Crippen molar-refractivity contribution in [3.05, 3.63) is 38.9 Å². The van der Waals surface area contributed by atoms with Crippen molar-refractivity contribution in [3.63, 3.8) is 0 Å². The minimum atomic E-state index is -0.855. The van der Waals surface area contributed by atoms with Crippen molar-refractivity contribution in [3.8, 4) is 0 Å². The first-order chi connectivity index (χ1) is 12.4. The highest BCUT2D eigenvalue weighted by molar-refractivity contribution is 6.31. The molecule has 26 heavy (non-hydrogen) atoms. The topological polar surface area (TPSA) is 86.5 Å². The molecule has 7 heteroatoms. The average molecular weight is 378 g/mol. The molecule has 0 amide bonds. The Morgan fingerprint density at radius 2 is 1.73 bits per heavy atom. The van der Waals surface area contributed by atoms with Crippen LogP contribution in [-0.4, -0.2) is 23.3 Å². The number of Topliss-reactive ketones (excluding diaryl/α,β-unsaturated/α-hetero) is 1. The predicted molar refractivity (Wildman–Crippen MR) is 94.0 cm³/mol. The van der Waals surface area contributed by atoms with Gasteiger partial charge in [0.2, 0.25) is 0 Å². The number of halogens is 1. The van der Waals surface area contributed by atoms with Gasteiger partial charge in [-0.15, -0.1) is 0 Å². The Hall–Kier alpha value is -1.95. The van der Waals surface area contributed by atoms with E-state index in [1.54, 1.807) is 0 Å². The third-order valence-electron chi connectivity index (χ3n) is 6.34. The molecule has 4 fully saturated rings. The van der Waals surface area contributed by atoms with E-state index in [1.807, 2.05) is 0 Å². The number of hydrogen-bond acceptors (Lipinski definition) is 5. The van der Waals surface area contributed by atoms with E-state index in [0.717, 1.165) is 25.3 Å². The molecule has 138 valence electrons. The number of carbonyl (C=O) groups is 2. The minimum absolute atomic E-state index is 0.0263. The number of nitro benzene ring substituents is 1. The lowest BCUT2D eigenvalue weighted by Gasteiger charge is -2.55. The molecule has 0 spiro atoms. The standard InChI is InChI=1S/C19H20ClNO5/c20-14-1-2-15(16(6-14)21(24)25)18(23)26-10-17(22)19-7-11-3-12(8-19)5-13(4-11)9-19/h1-2,6,11-13H,3-5,7-10H2. The summed E-state index contributed by atoms with van der Waals surface area (Å²) < 4.78 is 5.17. The van der Waals surface area contributed by atoms with Gasteiger partial charge in [-0.05, 0) is 68.4 Å². The third-order valence-corrected chi connectivity index (χ3v) is 6.58. The van der Waals surface area contributed by atoms with Gasteiger partial charge in [-0.1, -0.05) is 11.6 Å². The highest BCUT2D eigenvalue weighted by Gasteiger charge is 2.54. The molecule has 0 aromatic heterocycles. The number of ether oxygens (including phenoxy) is 1. The number of hydrogen-bond donors (Lipinski definition) is 0. The zero-order valence-electron chi connectivity index (χ0n) is 14.3. The van der Waals surface area contributed by atoms with E-state index in [0.29, 0.717) is 17.8 Å². The fourth-order valence-electron chi connectivity index (χ4n) is 5.64. The zero-order chi connectivity index (χ0) is 18.5. The second-order valence-corrected chi connectivity index (χ2v) is 8.55. The normalized spacial score (nSPS) is 31.7. The molecule has 4 aliphatic rings. The van der Waals surface area contributed by atoms with Crippen LogP contribution in [0, 0.1) is 33.3 Å². The smallest absolute Gasteiger partial charge is 0.345 e. The van der Waals surface area contributed by atoms with Crippen LogP contribution in [-0.2, 0) is 9.53 Å². The molecular formula is C19H20ClNO5. The van der Waals surface area contributed by atoms with Crippen LogP contribution in [0.4, 0.5) is 5.69 Å². The summed E-state index contributed by atoms with van der Waals surface area (Å²) in [5.41, 5.74) is -0.941. The molecule has 6 nitrogen and oxygen atoms in total. The van der Waals surface area contributed by atoms with Crippen molar-refractivity contribution in [2.45, 2.75) is 38.5 Å². The highest BCUT2D eigenvalue weighted by Crippen LogP contribution is 2.60. The summed E-state index contributed by atoms with van der Waals surface area (Å²) in [4.78, 5) is 35.6. The maximum Gasteiger partial charge on any atom is 0.345 e. The van der Waals surface area contributed by atoms with Gasteiger partial charge < -0.3 is 4.74 Å². The Balaban J connectivity index is 1.45. The van der Waals surface area contributed by atoms with E-state index < -0.39 is 16.6 Å². The maximum absolute atomic E-state index is 12.9. The third kappa shape index (κ3) is 3.00. The average Bonchev–Trinajstić information content (AvgIpc) is 2.58. The van der Waals surface area contributed by atoms with Crippen LogP contribution < -0.4 is 0 Å². The van der Waals surface area contributed by atoms with Gasteiger partial charge in [0, 0.05) is 16.5 Å². The van der Waals surface area contributed by atoms with Crippen LogP contribution in [0.5, 0.6) is 0 Å². The Bertz CT molecular complexity index is 755. The molecule has 0 N–H and O–H groups in total. The summed E-state index contributed by atoms with van der Waals surface area (Å²) in [5.74, 6) is 0.989. The minimum Gasteiger partial charge on any atom is -0.454 e. The van der Waals surface area contributed by atoms with Gasteiger partial charge in [0.1, 0.15) is 5.56 Å². The molecule has 5 rings (SSSR count).